The summed E-state index contributed by atoms with van der Waals surface area (Å²) in [6, 6.07) is 10.8. The first kappa shape index (κ1) is 16.7. The fourth-order valence-corrected chi connectivity index (χ4v) is 2.25. The van der Waals surface area contributed by atoms with Crippen LogP contribution in [-0.4, -0.2) is 16.0 Å². The van der Waals surface area contributed by atoms with Gasteiger partial charge in [0.2, 0.25) is 0 Å². The minimum absolute atomic E-state index is 0.132. The molecule has 0 fully saturated rings. The van der Waals surface area contributed by atoms with Gasteiger partial charge in [-0.1, -0.05) is 23.4 Å². The molecular formula is C17H12F3N3O2. The number of hydrogen-bond donors (Lipinski definition) is 1. The van der Waals surface area contributed by atoms with Crippen molar-refractivity contribution in [1.29, 1.82) is 0 Å². The fourth-order valence-electron chi connectivity index (χ4n) is 2.25. The predicted octanol–water partition coefficient (Wildman–Crippen LogP) is 4.32. The maximum Gasteiger partial charge on any atom is 0.433 e. The molecule has 1 N–H and O–H groups in total. The minimum atomic E-state index is -4.54. The molecule has 1 aromatic carbocycles. The smallest absolute Gasteiger partial charge is 0.360 e. The third-order valence-electron chi connectivity index (χ3n) is 3.45. The number of amides is 1. The summed E-state index contributed by atoms with van der Waals surface area (Å²) in [7, 11) is 0. The van der Waals surface area contributed by atoms with E-state index in [1.165, 1.54) is 6.07 Å². The van der Waals surface area contributed by atoms with Gasteiger partial charge in [0.25, 0.3) is 5.91 Å². The predicted molar refractivity (Wildman–Crippen MR) is 83.9 cm³/mol. The number of alkyl halides is 3. The molecule has 25 heavy (non-hydrogen) atoms. The highest BCUT2D eigenvalue weighted by Crippen LogP contribution is 2.30. The van der Waals surface area contributed by atoms with E-state index in [1.54, 1.807) is 37.3 Å². The van der Waals surface area contributed by atoms with E-state index in [0.29, 0.717) is 5.69 Å². The molecule has 0 unspecified atom stereocenters. The van der Waals surface area contributed by atoms with Gasteiger partial charge in [-0.25, -0.2) is 0 Å². The third-order valence-corrected chi connectivity index (χ3v) is 3.45. The largest absolute Gasteiger partial charge is 0.433 e. The number of hydrogen-bond acceptors (Lipinski definition) is 4. The summed E-state index contributed by atoms with van der Waals surface area (Å²) in [5, 5.41) is 6.48. The van der Waals surface area contributed by atoms with E-state index in [-0.39, 0.29) is 22.6 Å². The number of carbonyl (C=O) groups is 1. The molecule has 0 aliphatic heterocycles. The molecule has 2 aromatic heterocycles. The van der Waals surface area contributed by atoms with Crippen molar-refractivity contribution < 1.29 is 22.5 Å². The van der Waals surface area contributed by atoms with E-state index in [9.17, 15) is 18.0 Å². The number of halogens is 3. The van der Waals surface area contributed by atoms with Gasteiger partial charge in [0, 0.05) is 17.4 Å². The molecule has 0 aliphatic rings. The Labute approximate surface area is 140 Å². The standard InChI is InChI=1S/C17H12F3N3O2/c1-10-14(16(24)22-12-5-3-2-4-6-12)15(23-25-10)11-7-8-13(21-9-11)17(18,19)20/h2-9H,1H3,(H,22,24). The van der Waals surface area contributed by atoms with Crippen molar-refractivity contribution in [3.8, 4) is 11.3 Å². The van der Waals surface area contributed by atoms with Crippen LogP contribution in [0.1, 0.15) is 21.8 Å². The number of carbonyl (C=O) groups excluding carboxylic acids is 1. The Balaban J connectivity index is 1.93. The van der Waals surface area contributed by atoms with E-state index < -0.39 is 17.8 Å². The average Bonchev–Trinajstić information content (AvgIpc) is 2.97. The first-order chi connectivity index (χ1) is 11.9. The molecule has 1 amide bonds. The summed E-state index contributed by atoms with van der Waals surface area (Å²) in [6.07, 6.45) is -3.52. The van der Waals surface area contributed by atoms with Gasteiger partial charge in [-0.3, -0.25) is 9.78 Å². The average molecular weight is 347 g/mol. The summed E-state index contributed by atoms with van der Waals surface area (Å²) < 4.78 is 42.9. The summed E-state index contributed by atoms with van der Waals surface area (Å²) in [5.41, 5.74) is 0.0805. The van der Waals surface area contributed by atoms with Gasteiger partial charge < -0.3 is 9.84 Å². The van der Waals surface area contributed by atoms with Crippen molar-refractivity contribution in [2.45, 2.75) is 13.1 Å². The van der Waals surface area contributed by atoms with Crippen molar-refractivity contribution in [3.05, 3.63) is 65.7 Å². The van der Waals surface area contributed by atoms with Gasteiger partial charge in [-0.2, -0.15) is 13.2 Å². The number of nitrogens with zero attached hydrogens (tertiary/aromatic N) is 2. The van der Waals surface area contributed by atoms with E-state index in [2.05, 4.69) is 15.5 Å². The van der Waals surface area contributed by atoms with E-state index in [0.717, 1.165) is 12.3 Å². The first-order valence-electron chi connectivity index (χ1n) is 7.22. The monoisotopic (exact) mass is 347 g/mol. The van der Waals surface area contributed by atoms with Crippen molar-refractivity contribution in [1.82, 2.24) is 10.1 Å². The minimum Gasteiger partial charge on any atom is -0.360 e. The highest BCUT2D eigenvalue weighted by Gasteiger charge is 2.32. The Morgan fingerprint density at radius 1 is 1.12 bits per heavy atom. The van der Waals surface area contributed by atoms with Gasteiger partial charge in [-0.05, 0) is 31.2 Å². The van der Waals surface area contributed by atoms with Crippen LogP contribution in [0.2, 0.25) is 0 Å². The molecule has 0 aliphatic carbocycles. The Hall–Kier alpha value is -3.16. The Bertz CT molecular complexity index is 888. The van der Waals surface area contributed by atoms with Crippen LogP contribution < -0.4 is 5.32 Å². The van der Waals surface area contributed by atoms with Gasteiger partial charge in [0.1, 0.15) is 22.7 Å². The van der Waals surface area contributed by atoms with Crippen LogP contribution in [0.3, 0.4) is 0 Å². The lowest BCUT2D eigenvalue weighted by Gasteiger charge is -2.07. The van der Waals surface area contributed by atoms with Crippen LogP contribution in [-0.2, 0) is 6.18 Å². The van der Waals surface area contributed by atoms with Crippen molar-refractivity contribution in [2.24, 2.45) is 0 Å². The van der Waals surface area contributed by atoms with E-state index >= 15 is 0 Å². The molecule has 5 nitrogen and oxygen atoms in total. The maximum atomic E-state index is 12.6. The topological polar surface area (TPSA) is 68.0 Å². The number of para-hydroxylation sites is 1. The molecule has 2 heterocycles. The maximum absolute atomic E-state index is 12.6. The molecule has 0 spiro atoms. The summed E-state index contributed by atoms with van der Waals surface area (Å²) in [4.78, 5) is 15.9. The first-order valence-corrected chi connectivity index (χ1v) is 7.22. The van der Waals surface area contributed by atoms with Gasteiger partial charge >= 0.3 is 6.18 Å². The normalized spacial score (nSPS) is 11.4. The quantitative estimate of drug-likeness (QED) is 0.766. The molecule has 0 atom stereocenters. The zero-order valence-corrected chi connectivity index (χ0v) is 13.0. The van der Waals surface area contributed by atoms with Crippen LogP contribution in [0.4, 0.5) is 18.9 Å². The van der Waals surface area contributed by atoms with Crippen LogP contribution in [0, 0.1) is 6.92 Å². The van der Waals surface area contributed by atoms with Crippen molar-refractivity contribution in [3.63, 3.8) is 0 Å². The van der Waals surface area contributed by atoms with Crippen LogP contribution >= 0.6 is 0 Å². The number of rotatable bonds is 3. The number of aromatic nitrogens is 2. The van der Waals surface area contributed by atoms with Crippen molar-refractivity contribution >= 4 is 11.6 Å². The molecule has 0 radical (unpaired) electrons. The van der Waals surface area contributed by atoms with Gasteiger partial charge in [-0.15, -0.1) is 0 Å². The second-order valence-corrected chi connectivity index (χ2v) is 5.21. The number of aryl methyl sites for hydroxylation is 1. The van der Waals surface area contributed by atoms with E-state index in [4.69, 9.17) is 4.52 Å². The summed E-state index contributed by atoms with van der Waals surface area (Å²) >= 11 is 0. The molecule has 0 saturated heterocycles. The van der Waals surface area contributed by atoms with Crippen LogP contribution in [0.15, 0.2) is 53.2 Å². The second-order valence-electron chi connectivity index (χ2n) is 5.21. The number of pyridine rings is 1. The highest BCUT2D eigenvalue weighted by atomic mass is 19.4. The number of nitrogens with one attached hydrogen (secondary N) is 1. The van der Waals surface area contributed by atoms with Crippen LogP contribution in [0.5, 0.6) is 0 Å². The lowest BCUT2D eigenvalue weighted by atomic mass is 10.1. The zero-order valence-electron chi connectivity index (χ0n) is 13.0. The molecule has 0 saturated carbocycles. The fraction of sp³-hybridized carbons (Fsp3) is 0.118. The molecule has 3 rings (SSSR count). The van der Waals surface area contributed by atoms with Gasteiger partial charge in [0.05, 0.1) is 0 Å². The highest BCUT2D eigenvalue weighted by molar-refractivity contribution is 6.08. The van der Waals surface area contributed by atoms with Crippen LogP contribution in [0.25, 0.3) is 11.3 Å². The molecule has 0 bridgehead atoms. The van der Waals surface area contributed by atoms with Gasteiger partial charge in [0.15, 0.2) is 0 Å². The Kier molecular flexibility index (Phi) is 4.26. The van der Waals surface area contributed by atoms with E-state index in [1.807, 2.05) is 0 Å². The zero-order chi connectivity index (χ0) is 18.0. The molecule has 8 heteroatoms. The second kappa shape index (κ2) is 6.39. The summed E-state index contributed by atoms with van der Waals surface area (Å²) in [5.74, 6) is -0.219. The molecular weight excluding hydrogens is 335 g/mol. The molecule has 3 aromatic rings. The third kappa shape index (κ3) is 3.52. The van der Waals surface area contributed by atoms with Crippen molar-refractivity contribution in [2.75, 3.05) is 5.32 Å². The Morgan fingerprint density at radius 3 is 2.44 bits per heavy atom. The summed E-state index contributed by atoms with van der Waals surface area (Å²) in [6.45, 7) is 1.55. The number of benzene rings is 1. The lowest BCUT2D eigenvalue weighted by molar-refractivity contribution is -0.141. The SMILES string of the molecule is Cc1onc(-c2ccc(C(F)(F)F)nc2)c1C(=O)Nc1ccccc1. The lowest BCUT2D eigenvalue weighted by Crippen LogP contribution is -2.13. The molecule has 128 valence electrons. The number of anilines is 1. The Morgan fingerprint density at radius 2 is 1.84 bits per heavy atom.